The molecule has 5 fully saturated rings. The third-order valence-electron chi connectivity index (χ3n) is 12.2. The highest BCUT2D eigenvalue weighted by Gasteiger charge is 2.58. The molecule has 1 spiro atoms. The van der Waals surface area contributed by atoms with Crippen LogP contribution in [-0.2, 0) is 29.0 Å². The Morgan fingerprint density at radius 3 is 2.05 bits per heavy atom. The van der Waals surface area contributed by atoms with E-state index in [9.17, 15) is 9.59 Å². The van der Waals surface area contributed by atoms with Gasteiger partial charge in [-0.1, -0.05) is 26.0 Å². The van der Waals surface area contributed by atoms with E-state index in [-0.39, 0.29) is 17.9 Å². The molecular weight excluding hydrogens is 529 g/mol. The van der Waals surface area contributed by atoms with Gasteiger partial charge in [0.15, 0.2) is 0 Å². The van der Waals surface area contributed by atoms with Crippen molar-refractivity contribution < 1.29 is 23.6 Å². The fraction of sp³-hybridized carbons (Fsp3) is 0.758. The first-order chi connectivity index (χ1) is 19.7. The molecule has 1 aromatic rings. The van der Waals surface area contributed by atoms with Crippen LogP contribution in [0, 0.1) is 17.3 Å². The van der Waals surface area contributed by atoms with Crippen LogP contribution in [-0.4, -0.2) is 91.4 Å². The Labute approximate surface area is 251 Å². The van der Waals surface area contributed by atoms with Crippen LogP contribution in [0.15, 0.2) is 18.2 Å². The summed E-state index contributed by atoms with van der Waals surface area (Å²) >= 11 is 0. The van der Waals surface area contributed by atoms with Gasteiger partial charge in [-0.25, -0.2) is 0 Å². The molecule has 1 aromatic carbocycles. The van der Waals surface area contributed by atoms with Gasteiger partial charge in [0.05, 0.1) is 35.2 Å². The second-order valence-corrected chi connectivity index (χ2v) is 15.7. The maximum atomic E-state index is 14.6. The van der Waals surface area contributed by atoms with Crippen LogP contribution in [0.5, 0.6) is 0 Å². The number of anilines is 1. The molecule has 6 aliphatic rings. The lowest BCUT2D eigenvalue weighted by molar-refractivity contribution is -0.170. The van der Waals surface area contributed by atoms with Gasteiger partial charge >= 0.3 is 7.12 Å². The lowest BCUT2D eigenvalue weighted by Gasteiger charge is -2.47. The van der Waals surface area contributed by atoms with Gasteiger partial charge in [-0.05, 0) is 89.2 Å². The summed E-state index contributed by atoms with van der Waals surface area (Å²) < 4.78 is 18.2. The van der Waals surface area contributed by atoms with Crippen molar-refractivity contribution in [1.29, 1.82) is 0 Å². The molecule has 9 heteroatoms. The molecule has 42 heavy (non-hydrogen) atoms. The van der Waals surface area contributed by atoms with E-state index in [4.69, 9.17) is 14.0 Å². The predicted molar refractivity (Wildman–Crippen MR) is 163 cm³/mol. The van der Waals surface area contributed by atoms with Gasteiger partial charge in [0.1, 0.15) is 0 Å². The van der Waals surface area contributed by atoms with E-state index in [0.717, 1.165) is 54.5 Å². The smallest absolute Gasteiger partial charge is 0.399 e. The molecule has 0 unspecified atom stereocenters. The van der Waals surface area contributed by atoms with E-state index < -0.39 is 29.2 Å². The molecule has 8 nitrogen and oxygen atoms in total. The number of carbonyl (C=O) groups is 2. The van der Waals surface area contributed by atoms with Crippen LogP contribution in [0.25, 0.3) is 0 Å². The second-order valence-electron chi connectivity index (χ2n) is 15.7. The first-order valence-corrected chi connectivity index (χ1v) is 16.2. The van der Waals surface area contributed by atoms with E-state index in [1.54, 1.807) is 0 Å². The number of carbonyl (C=O) groups excluding carboxylic acids is 2. The number of hydrogen-bond acceptors (Lipinski definition) is 6. The van der Waals surface area contributed by atoms with Crippen molar-refractivity contribution in [3.8, 4) is 0 Å². The SMILES string of the molecule is C[C@@H]1CN(C2CC(N3C(=O)C4(CCN(C(=O)C5(C)COC5)CC4)c4ccc(B5OC(C)(C)C(C)(C)O5)cc43)C2)C[C@@H]1C. The number of rotatable bonds is 4. The fourth-order valence-corrected chi connectivity index (χ4v) is 8.12. The maximum absolute atomic E-state index is 14.6. The number of fused-ring (bicyclic) bond motifs is 2. The van der Waals surface area contributed by atoms with Crippen molar-refractivity contribution in [3.05, 3.63) is 23.8 Å². The number of hydrogen-bond donors (Lipinski definition) is 0. The van der Waals surface area contributed by atoms with Gasteiger partial charge in [0.25, 0.3) is 0 Å². The largest absolute Gasteiger partial charge is 0.494 e. The van der Waals surface area contributed by atoms with E-state index in [1.807, 2.05) is 11.8 Å². The van der Waals surface area contributed by atoms with Gasteiger partial charge in [-0.3, -0.25) is 14.5 Å². The molecule has 2 amide bonds. The summed E-state index contributed by atoms with van der Waals surface area (Å²) in [4.78, 5) is 34.7. The highest BCUT2D eigenvalue weighted by atomic mass is 16.7. The van der Waals surface area contributed by atoms with Gasteiger partial charge in [-0.15, -0.1) is 0 Å². The standard InChI is InChI=1S/C33H48BN3O5/c1-21-17-36(18-22(21)2)24-15-25(16-24)37-27-14-23(34-41-30(3,4)31(5,6)42-34)8-9-26(27)33(29(37)39)10-12-35(13-11-33)28(38)32(7)19-40-20-32/h8-9,14,21-22,24-25H,10-13,15-20H2,1-7H3/t21-,22+,24?,25?. The molecule has 5 aliphatic heterocycles. The second kappa shape index (κ2) is 9.53. The molecule has 1 saturated carbocycles. The van der Waals surface area contributed by atoms with E-state index in [2.05, 4.69) is 69.5 Å². The van der Waals surface area contributed by atoms with Crippen LogP contribution in [0.4, 0.5) is 5.69 Å². The maximum Gasteiger partial charge on any atom is 0.494 e. The Bertz CT molecular complexity index is 1250. The summed E-state index contributed by atoms with van der Waals surface area (Å²) in [5.74, 6) is 1.84. The first kappa shape index (κ1) is 28.8. The lowest BCUT2D eigenvalue weighted by Crippen LogP contribution is -2.59. The van der Waals surface area contributed by atoms with Crippen LogP contribution >= 0.6 is 0 Å². The molecular formula is C33H48BN3O5. The summed E-state index contributed by atoms with van der Waals surface area (Å²) in [6.45, 7) is 19.5. The zero-order valence-corrected chi connectivity index (χ0v) is 26.6. The Morgan fingerprint density at radius 2 is 1.50 bits per heavy atom. The van der Waals surface area contributed by atoms with Gasteiger partial charge < -0.3 is 23.8 Å². The van der Waals surface area contributed by atoms with Gasteiger partial charge in [-0.2, -0.15) is 0 Å². The summed E-state index contributed by atoms with van der Waals surface area (Å²) in [7, 11) is -0.472. The average Bonchev–Trinajstić information content (AvgIpc) is 3.43. The first-order valence-electron chi connectivity index (χ1n) is 16.2. The highest BCUT2D eigenvalue weighted by molar-refractivity contribution is 6.62. The normalized spacial score (nSPS) is 34.5. The minimum atomic E-state index is -0.584. The molecule has 0 N–H and O–H groups in total. The minimum Gasteiger partial charge on any atom is -0.399 e. The zero-order valence-electron chi connectivity index (χ0n) is 26.6. The minimum absolute atomic E-state index is 0.165. The lowest BCUT2D eigenvalue weighted by atomic mass is 9.71. The quantitative estimate of drug-likeness (QED) is 0.512. The highest BCUT2D eigenvalue weighted by Crippen LogP contribution is 2.51. The predicted octanol–water partition coefficient (Wildman–Crippen LogP) is 3.35. The Balaban J connectivity index is 1.17. The Kier molecular flexibility index (Phi) is 6.54. The Morgan fingerprint density at radius 1 is 0.905 bits per heavy atom. The topological polar surface area (TPSA) is 71.6 Å². The number of ether oxygens (including phenoxy) is 1. The monoisotopic (exact) mass is 577 g/mol. The van der Waals surface area contributed by atoms with E-state index in [0.29, 0.717) is 45.2 Å². The van der Waals surface area contributed by atoms with Gasteiger partial charge in [0.2, 0.25) is 11.8 Å². The number of benzene rings is 1. The number of nitrogens with zero attached hydrogens (tertiary/aromatic N) is 3. The van der Waals surface area contributed by atoms with Crippen molar-refractivity contribution in [1.82, 2.24) is 9.80 Å². The van der Waals surface area contributed by atoms with E-state index in [1.165, 1.54) is 0 Å². The van der Waals surface area contributed by atoms with Gasteiger partial charge in [0, 0.05) is 44.0 Å². The number of amides is 2. The molecule has 5 heterocycles. The molecule has 0 aromatic heterocycles. The number of likely N-dealkylation sites (tertiary alicyclic amines) is 2. The molecule has 7 rings (SSSR count). The molecule has 1 aliphatic carbocycles. The molecule has 0 bridgehead atoms. The molecule has 0 radical (unpaired) electrons. The number of piperidine rings is 1. The Hall–Kier alpha value is -1.94. The summed E-state index contributed by atoms with van der Waals surface area (Å²) in [5, 5.41) is 0. The fourth-order valence-electron chi connectivity index (χ4n) is 8.12. The van der Waals surface area contributed by atoms with Crippen molar-refractivity contribution in [2.24, 2.45) is 17.3 Å². The van der Waals surface area contributed by atoms with Crippen LogP contribution in [0.1, 0.15) is 79.7 Å². The average molecular weight is 578 g/mol. The van der Waals surface area contributed by atoms with Crippen molar-refractivity contribution in [2.75, 3.05) is 44.3 Å². The third-order valence-corrected chi connectivity index (χ3v) is 12.2. The van der Waals surface area contributed by atoms with Crippen LogP contribution < -0.4 is 10.4 Å². The molecule has 228 valence electrons. The zero-order chi connectivity index (χ0) is 29.8. The third kappa shape index (κ3) is 4.16. The molecule has 2 atom stereocenters. The van der Waals surface area contributed by atoms with Crippen LogP contribution in [0.2, 0.25) is 0 Å². The molecule has 4 saturated heterocycles. The summed E-state index contributed by atoms with van der Waals surface area (Å²) in [6.07, 6.45) is 3.35. The summed E-state index contributed by atoms with van der Waals surface area (Å²) in [5.41, 5.74) is 1.24. The van der Waals surface area contributed by atoms with E-state index >= 15 is 0 Å². The van der Waals surface area contributed by atoms with Crippen molar-refractivity contribution in [2.45, 2.75) is 103 Å². The van der Waals surface area contributed by atoms with Crippen molar-refractivity contribution in [3.63, 3.8) is 0 Å². The van der Waals surface area contributed by atoms with Crippen LogP contribution in [0.3, 0.4) is 0 Å². The summed E-state index contributed by atoms with van der Waals surface area (Å²) in [6, 6.07) is 7.17. The van der Waals surface area contributed by atoms with Crippen molar-refractivity contribution >= 4 is 30.1 Å².